The molecule has 0 bridgehead atoms. The maximum absolute atomic E-state index is 8.65. The zero-order valence-corrected chi connectivity index (χ0v) is 7.83. The van der Waals surface area contributed by atoms with Gasteiger partial charge in [0.25, 0.3) is 0 Å². The van der Waals surface area contributed by atoms with Crippen LogP contribution in [0, 0.1) is 0 Å². The predicted octanol–water partition coefficient (Wildman–Crippen LogP) is -1.92. The zero-order valence-electron chi connectivity index (χ0n) is 6.12. The van der Waals surface area contributed by atoms with Gasteiger partial charge in [-0.25, -0.2) is 0 Å². The first-order valence-electron chi connectivity index (χ1n) is 2.30. The Balaban J connectivity index is 0. The number of hydrogen-bond donors (Lipinski definition) is 1. The first kappa shape index (κ1) is 11.9. The van der Waals surface area contributed by atoms with Gasteiger partial charge in [-0.2, -0.15) is 0 Å². The molecule has 0 aromatic rings. The van der Waals surface area contributed by atoms with Crippen LogP contribution in [0.5, 0.6) is 0 Å². The second-order valence-electron chi connectivity index (χ2n) is 2.90. The molecule has 4 nitrogen and oxygen atoms in total. The Hall–Kier alpha value is 0.199. The summed E-state index contributed by atoms with van der Waals surface area (Å²) in [6.07, 6.45) is 0. The molecule has 0 aromatic carbocycles. The van der Waals surface area contributed by atoms with Gasteiger partial charge in [-0.1, -0.05) is 0 Å². The molecule has 1 N–H and O–H groups in total. The molecule has 5 heteroatoms. The maximum atomic E-state index is 8.65. The van der Waals surface area contributed by atoms with E-state index in [0.717, 1.165) is 4.48 Å². The van der Waals surface area contributed by atoms with Crippen LogP contribution in [0.15, 0.2) is 0 Å². The zero-order chi connectivity index (χ0) is 8.08. The summed E-state index contributed by atoms with van der Waals surface area (Å²) < 4.78 is 25.4. The fraction of sp³-hybridized carbons (Fsp3) is 1.00. The van der Waals surface area contributed by atoms with E-state index in [1.165, 1.54) is 0 Å². The van der Waals surface area contributed by atoms with Crippen molar-refractivity contribution in [3.8, 4) is 0 Å². The molecular weight excluding hydrogens is 189 g/mol. The van der Waals surface area contributed by atoms with Crippen molar-refractivity contribution in [1.29, 1.82) is 0 Å². The molecule has 0 saturated heterocycles. The van der Waals surface area contributed by atoms with Gasteiger partial charge in [0.2, 0.25) is 0 Å². The van der Waals surface area contributed by atoms with Gasteiger partial charge in [0.1, 0.15) is 0 Å². The van der Waals surface area contributed by atoms with Crippen LogP contribution in [0.25, 0.3) is 0 Å². The van der Waals surface area contributed by atoms with Gasteiger partial charge in [-0.05, 0) is 0 Å². The van der Waals surface area contributed by atoms with E-state index in [0.29, 0.717) is 0 Å². The first-order valence-corrected chi connectivity index (χ1v) is 4.47. The minimum atomic E-state index is -3.54. The quantitative estimate of drug-likeness (QED) is 0.368. The van der Waals surface area contributed by atoms with Crippen LogP contribution in [-0.2, 0) is 3.83 Å². The summed E-state index contributed by atoms with van der Waals surface area (Å²) in [5.41, 5.74) is 0. The molecule has 0 amide bonds. The molecular formula is C4H13NO3Se. The summed E-state index contributed by atoms with van der Waals surface area (Å²) in [7, 11) is 8.50. The Morgan fingerprint density at radius 2 is 1.33 bits per heavy atom. The van der Waals surface area contributed by atoms with Gasteiger partial charge < -0.3 is 4.48 Å². The van der Waals surface area contributed by atoms with Crippen LogP contribution in [-0.4, -0.2) is 51.4 Å². The average molecular weight is 202 g/mol. The molecule has 9 heavy (non-hydrogen) atoms. The van der Waals surface area contributed by atoms with Crippen LogP contribution in [0.4, 0.5) is 0 Å². The topological polar surface area (TPSA) is 60.4 Å². The van der Waals surface area contributed by atoms with Crippen LogP contribution < -0.4 is 4.19 Å². The summed E-state index contributed by atoms with van der Waals surface area (Å²) in [4.78, 5) is 0. The van der Waals surface area contributed by atoms with E-state index in [4.69, 9.17) is 12.2 Å². The fourth-order valence-corrected chi connectivity index (χ4v) is 0. The second-order valence-corrected chi connectivity index (χ2v) is 3.81. The van der Waals surface area contributed by atoms with Crippen molar-refractivity contribution in [1.82, 2.24) is 0 Å². The molecule has 0 aromatic heterocycles. The van der Waals surface area contributed by atoms with Gasteiger partial charge in [0, 0.05) is 0 Å². The number of nitrogens with zero attached hydrogens (tertiary/aromatic N) is 1. The summed E-state index contributed by atoms with van der Waals surface area (Å²) in [5, 5.41) is 0. The molecule has 0 fully saturated rings. The van der Waals surface area contributed by atoms with E-state index in [1.807, 2.05) is 0 Å². The van der Waals surface area contributed by atoms with Crippen molar-refractivity contribution < 1.29 is 16.7 Å². The predicted molar refractivity (Wildman–Crippen MR) is 32.6 cm³/mol. The molecule has 0 saturated carbocycles. The Morgan fingerprint density at radius 3 is 1.33 bits per heavy atom. The molecule has 0 heterocycles. The van der Waals surface area contributed by atoms with Crippen molar-refractivity contribution in [2.24, 2.45) is 0 Å². The Morgan fingerprint density at radius 1 is 1.33 bits per heavy atom. The number of hydrogen-bond acceptors (Lipinski definition) is 2. The normalized spacial score (nSPS) is 13.6. The molecule has 0 radical (unpaired) electrons. The Kier molecular flexibility index (Phi) is 6.66. The molecule has 0 rings (SSSR count). The molecule has 0 aliphatic rings. The number of rotatable bonds is 0. The van der Waals surface area contributed by atoms with E-state index in [9.17, 15) is 0 Å². The molecule has 0 aliphatic heterocycles. The van der Waals surface area contributed by atoms with Crippen molar-refractivity contribution in [3.05, 3.63) is 0 Å². The van der Waals surface area contributed by atoms with E-state index >= 15 is 0 Å². The van der Waals surface area contributed by atoms with Crippen molar-refractivity contribution >= 4 is 14.5 Å². The molecule has 0 aliphatic carbocycles. The third-order valence-corrected chi connectivity index (χ3v) is 0. The minimum absolute atomic E-state index is 1.00. The molecule has 58 valence electrons. The first-order chi connectivity index (χ1) is 3.73. The van der Waals surface area contributed by atoms with E-state index in [1.54, 1.807) is 0 Å². The fourth-order valence-electron chi connectivity index (χ4n) is 0. The van der Waals surface area contributed by atoms with E-state index in [2.05, 4.69) is 28.2 Å². The van der Waals surface area contributed by atoms with Crippen molar-refractivity contribution in [2.75, 3.05) is 28.2 Å². The van der Waals surface area contributed by atoms with Crippen LogP contribution >= 0.6 is 0 Å². The Bertz CT molecular complexity index is 78.3. The van der Waals surface area contributed by atoms with E-state index in [-0.39, 0.29) is 0 Å². The third kappa shape index (κ3) is 7920. The molecule has 1 atom stereocenters. The van der Waals surface area contributed by atoms with Crippen LogP contribution in [0.1, 0.15) is 0 Å². The third-order valence-electron chi connectivity index (χ3n) is 0. The molecule has 0 spiro atoms. The monoisotopic (exact) mass is 203 g/mol. The standard InChI is InChI=1S/C4H12N.H2O3Se/c1-5(2,3)4;1-4(2)3/h1-4H3;(H2,1,2,3)/q+1;/p-1. The van der Waals surface area contributed by atoms with Crippen molar-refractivity contribution in [3.63, 3.8) is 0 Å². The van der Waals surface area contributed by atoms with Gasteiger partial charge in [0.15, 0.2) is 0 Å². The summed E-state index contributed by atoms with van der Waals surface area (Å²) in [6, 6.07) is 0. The Labute approximate surface area is 60.0 Å². The van der Waals surface area contributed by atoms with E-state index < -0.39 is 14.5 Å². The van der Waals surface area contributed by atoms with Crippen LogP contribution in [0.3, 0.4) is 0 Å². The SMILES string of the molecule is C[N+](C)(C)C.O=[Se]([O-])O. The summed E-state index contributed by atoms with van der Waals surface area (Å²) in [5.74, 6) is 0. The molecule has 1 unspecified atom stereocenters. The van der Waals surface area contributed by atoms with Gasteiger partial charge >= 0.3 is 26.7 Å². The van der Waals surface area contributed by atoms with Gasteiger partial charge in [-0.15, -0.1) is 0 Å². The number of quaternary nitrogens is 1. The van der Waals surface area contributed by atoms with Gasteiger partial charge in [0.05, 0.1) is 28.2 Å². The van der Waals surface area contributed by atoms with Crippen molar-refractivity contribution in [2.45, 2.75) is 0 Å². The van der Waals surface area contributed by atoms with Gasteiger partial charge in [-0.3, -0.25) is 0 Å². The van der Waals surface area contributed by atoms with Crippen LogP contribution in [0.2, 0.25) is 0 Å². The summed E-state index contributed by atoms with van der Waals surface area (Å²) >= 11 is -3.54. The second kappa shape index (κ2) is 5.02. The average Bonchev–Trinajstić information content (AvgIpc) is 1.19. The summed E-state index contributed by atoms with van der Waals surface area (Å²) in [6.45, 7) is 0.